The van der Waals surface area contributed by atoms with Gasteiger partial charge in [0.15, 0.2) is 0 Å². The second-order valence-corrected chi connectivity index (χ2v) is 9.42. The third-order valence-corrected chi connectivity index (χ3v) is 5.14. The van der Waals surface area contributed by atoms with E-state index >= 15 is 0 Å². The van der Waals surface area contributed by atoms with Crippen LogP contribution in [0, 0.1) is 0 Å². The normalized spacial score (nSPS) is 13.4. The summed E-state index contributed by atoms with van der Waals surface area (Å²) in [5, 5.41) is 4.65. The molecule has 0 spiro atoms. The molecule has 0 atom stereocenters. The van der Waals surface area contributed by atoms with E-state index in [0.717, 1.165) is 16.7 Å². The maximum absolute atomic E-state index is 12.5. The Hall–Kier alpha value is -3.06. The summed E-state index contributed by atoms with van der Waals surface area (Å²) in [5.41, 5.74) is 3.01. The number of hydrogen-bond donors (Lipinski definition) is 0. The van der Waals surface area contributed by atoms with E-state index < -0.39 is 5.60 Å². The van der Waals surface area contributed by atoms with Gasteiger partial charge in [0.2, 0.25) is 5.82 Å². The first-order chi connectivity index (χ1) is 15.1. The molecule has 1 amide bonds. The van der Waals surface area contributed by atoms with Crippen molar-refractivity contribution in [3.8, 4) is 28.6 Å². The lowest BCUT2D eigenvalue weighted by Crippen LogP contribution is -2.33. The van der Waals surface area contributed by atoms with Gasteiger partial charge >= 0.3 is 6.09 Å². The van der Waals surface area contributed by atoms with Crippen molar-refractivity contribution < 1.29 is 18.8 Å². The molecular weight excluding hydrogens is 430 g/mol. The van der Waals surface area contributed by atoms with Gasteiger partial charge in [-0.05, 0) is 63.9 Å². The molecule has 0 saturated carbocycles. The summed E-state index contributed by atoms with van der Waals surface area (Å²) in [7, 11) is 0. The van der Waals surface area contributed by atoms with E-state index in [1.54, 1.807) is 17.0 Å². The lowest BCUT2D eigenvalue weighted by Gasteiger charge is -2.24. The molecular formula is C24H26ClN3O4. The fraction of sp³-hybridized carbons (Fsp3) is 0.375. The predicted molar refractivity (Wildman–Crippen MR) is 121 cm³/mol. The van der Waals surface area contributed by atoms with Gasteiger partial charge in [0.05, 0.1) is 17.7 Å². The van der Waals surface area contributed by atoms with Crippen LogP contribution >= 0.6 is 11.6 Å². The highest BCUT2D eigenvalue weighted by Crippen LogP contribution is 2.34. The van der Waals surface area contributed by atoms with Crippen molar-refractivity contribution in [1.29, 1.82) is 0 Å². The topological polar surface area (TPSA) is 77.7 Å². The van der Waals surface area contributed by atoms with Gasteiger partial charge in [0.1, 0.15) is 11.4 Å². The van der Waals surface area contributed by atoms with Gasteiger partial charge in [-0.3, -0.25) is 4.90 Å². The zero-order chi connectivity index (χ0) is 23.0. The highest BCUT2D eigenvalue weighted by molar-refractivity contribution is 6.32. The Morgan fingerprint density at radius 3 is 2.66 bits per heavy atom. The molecule has 3 aromatic rings. The van der Waals surface area contributed by atoms with Crippen LogP contribution in [0.15, 0.2) is 40.9 Å². The van der Waals surface area contributed by atoms with Crippen LogP contribution in [-0.2, 0) is 17.8 Å². The van der Waals surface area contributed by atoms with E-state index in [1.807, 2.05) is 58.9 Å². The zero-order valence-electron chi connectivity index (χ0n) is 18.8. The van der Waals surface area contributed by atoms with Gasteiger partial charge in [-0.15, -0.1) is 0 Å². The lowest BCUT2D eigenvalue weighted by atomic mass is 10.0. The van der Waals surface area contributed by atoms with E-state index in [9.17, 15) is 4.79 Å². The van der Waals surface area contributed by atoms with Crippen LogP contribution in [0.25, 0.3) is 22.8 Å². The number of benzene rings is 2. The third kappa shape index (κ3) is 4.72. The van der Waals surface area contributed by atoms with Crippen LogP contribution in [0.2, 0.25) is 5.02 Å². The molecule has 32 heavy (non-hydrogen) atoms. The molecule has 1 aliphatic rings. The van der Waals surface area contributed by atoms with Crippen molar-refractivity contribution in [3.05, 3.63) is 52.5 Å². The Kier molecular flexibility index (Phi) is 5.86. The SMILES string of the molecule is CC(C)Oc1ccc(-c2nc(-c3cccc4c3CN(C(=O)OC(C)(C)C)C4)no2)cc1Cl. The number of aromatic nitrogens is 2. The van der Waals surface area contributed by atoms with Crippen LogP contribution in [-0.4, -0.2) is 32.8 Å². The average Bonchev–Trinajstić information content (AvgIpc) is 3.35. The van der Waals surface area contributed by atoms with E-state index in [0.29, 0.717) is 41.1 Å². The Labute approximate surface area is 192 Å². The van der Waals surface area contributed by atoms with E-state index in [2.05, 4.69) is 10.1 Å². The molecule has 1 aliphatic heterocycles. The summed E-state index contributed by atoms with van der Waals surface area (Å²) in [4.78, 5) is 18.8. The molecule has 8 heteroatoms. The first kappa shape index (κ1) is 22.1. The van der Waals surface area contributed by atoms with Crippen molar-refractivity contribution in [2.24, 2.45) is 0 Å². The molecule has 7 nitrogen and oxygen atoms in total. The summed E-state index contributed by atoms with van der Waals surface area (Å²) in [6.07, 6.45) is -0.319. The molecule has 0 radical (unpaired) electrons. The molecule has 0 bridgehead atoms. The van der Waals surface area contributed by atoms with Gasteiger partial charge in [-0.25, -0.2) is 4.79 Å². The van der Waals surface area contributed by atoms with E-state index in [-0.39, 0.29) is 12.2 Å². The Morgan fingerprint density at radius 2 is 1.97 bits per heavy atom. The molecule has 4 rings (SSSR count). The highest BCUT2D eigenvalue weighted by atomic mass is 35.5. The summed E-state index contributed by atoms with van der Waals surface area (Å²) in [6.45, 7) is 10.4. The number of fused-ring (bicyclic) bond motifs is 1. The zero-order valence-corrected chi connectivity index (χ0v) is 19.6. The fourth-order valence-corrected chi connectivity index (χ4v) is 3.75. The molecule has 2 aromatic carbocycles. The minimum atomic E-state index is -0.547. The van der Waals surface area contributed by atoms with E-state index in [4.69, 9.17) is 25.6 Å². The number of hydrogen-bond acceptors (Lipinski definition) is 6. The minimum absolute atomic E-state index is 0.0220. The minimum Gasteiger partial charge on any atom is -0.489 e. The van der Waals surface area contributed by atoms with Crippen LogP contribution in [0.3, 0.4) is 0 Å². The summed E-state index contributed by atoms with van der Waals surface area (Å²) >= 11 is 6.35. The predicted octanol–water partition coefficient (Wildman–Crippen LogP) is 6.09. The number of ether oxygens (including phenoxy) is 2. The van der Waals surface area contributed by atoms with Gasteiger partial charge in [-0.1, -0.05) is 35.0 Å². The maximum Gasteiger partial charge on any atom is 0.410 e. The van der Waals surface area contributed by atoms with Crippen LogP contribution in [0.4, 0.5) is 4.79 Å². The molecule has 1 aromatic heterocycles. The number of nitrogens with zero attached hydrogens (tertiary/aromatic N) is 3. The average molecular weight is 456 g/mol. The quantitative estimate of drug-likeness (QED) is 0.473. The first-order valence-electron chi connectivity index (χ1n) is 10.5. The molecule has 0 N–H and O–H groups in total. The Bertz CT molecular complexity index is 1150. The summed E-state index contributed by atoms with van der Waals surface area (Å²) in [5.74, 6) is 1.42. The first-order valence-corrected chi connectivity index (χ1v) is 10.9. The van der Waals surface area contributed by atoms with Crippen molar-refractivity contribution in [2.75, 3.05) is 0 Å². The Morgan fingerprint density at radius 1 is 1.19 bits per heavy atom. The van der Waals surface area contributed by atoms with E-state index in [1.165, 1.54) is 0 Å². The molecule has 0 fully saturated rings. The number of carbonyl (C=O) groups is 1. The number of amides is 1. The van der Waals surface area contributed by atoms with Gasteiger partial charge < -0.3 is 14.0 Å². The second-order valence-electron chi connectivity index (χ2n) is 9.01. The molecule has 0 unspecified atom stereocenters. The second kappa shape index (κ2) is 8.47. The Balaban J connectivity index is 1.58. The van der Waals surface area contributed by atoms with Crippen molar-refractivity contribution in [3.63, 3.8) is 0 Å². The smallest absolute Gasteiger partial charge is 0.410 e. The molecule has 2 heterocycles. The summed E-state index contributed by atoms with van der Waals surface area (Å²) < 4.78 is 16.7. The van der Waals surface area contributed by atoms with Crippen LogP contribution < -0.4 is 4.74 Å². The highest BCUT2D eigenvalue weighted by Gasteiger charge is 2.30. The number of halogens is 1. The van der Waals surface area contributed by atoms with Crippen LogP contribution in [0.5, 0.6) is 5.75 Å². The van der Waals surface area contributed by atoms with Crippen molar-refractivity contribution >= 4 is 17.7 Å². The van der Waals surface area contributed by atoms with Crippen molar-refractivity contribution in [2.45, 2.75) is 59.4 Å². The van der Waals surface area contributed by atoms with Crippen molar-refractivity contribution in [1.82, 2.24) is 15.0 Å². The lowest BCUT2D eigenvalue weighted by molar-refractivity contribution is 0.0242. The monoisotopic (exact) mass is 455 g/mol. The van der Waals surface area contributed by atoms with Gasteiger partial charge in [0, 0.05) is 17.7 Å². The maximum atomic E-state index is 12.5. The van der Waals surface area contributed by atoms with Gasteiger partial charge in [-0.2, -0.15) is 4.98 Å². The molecule has 168 valence electrons. The summed E-state index contributed by atoms with van der Waals surface area (Å²) in [6, 6.07) is 11.2. The molecule has 0 saturated heterocycles. The third-order valence-electron chi connectivity index (χ3n) is 4.84. The number of rotatable bonds is 4. The van der Waals surface area contributed by atoms with Crippen LogP contribution in [0.1, 0.15) is 45.7 Å². The standard InChI is InChI=1S/C24H26ClN3O4/c1-14(2)30-20-10-9-15(11-19(20)25)22-26-21(27-32-22)17-8-6-7-16-12-28(13-18(16)17)23(29)31-24(3,4)5/h6-11,14H,12-13H2,1-5H3. The molecule has 0 aliphatic carbocycles. The van der Waals surface area contributed by atoms with Gasteiger partial charge in [0.25, 0.3) is 5.89 Å². The largest absolute Gasteiger partial charge is 0.489 e. The fourth-order valence-electron chi connectivity index (χ4n) is 3.52. The number of carbonyl (C=O) groups excluding carboxylic acids is 1.